The lowest BCUT2D eigenvalue weighted by Crippen LogP contribution is -2.28. The topological polar surface area (TPSA) is 70.1 Å². The smallest absolute Gasteiger partial charge is 0.253 e. The molecule has 2 heterocycles. The molecule has 0 bridgehead atoms. The van der Waals surface area contributed by atoms with Crippen molar-refractivity contribution in [2.45, 2.75) is 6.54 Å². The molecule has 34 heavy (non-hydrogen) atoms. The minimum atomic E-state index is -0.196. The van der Waals surface area contributed by atoms with Crippen LogP contribution >= 0.6 is 11.3 Å². The lowest BCUT2D eigenvalue weighted by Gasteiger charge is -2.18. The molecule has 0 radical (unpaired) electrons. The van der Waals surface area contributed by atoms with Gasteiger partial charge in [0.05, 0.1) is 20.8 Å². The first-order chi connectivity index (χ1) is 16.7. The third-order valence-corrected chi connectivity index (χ3v) is 6.49. The summed E-state index contributed by atoms with van der Waals surface area (Å²) in [5.41, 5.74) is 2.49. The zero-order valence-electron chi connectivity index (χ0n) is 18.7. The van der Waals surface area contributed by atoms with Crippen molar-refractivity contribution in [3.8, 4) is 23.0 Å². The van der Waals surface area contributed by atoms with E-state index in [1.165, 1.54) is 11.3 Å². The molecule has 0 fully saturated rings. The van der Waals surface area contributed by atoms with E-state index in [1.54, 1.807) is 31.3 Å². The molecule has 0 N–H and O–H groups in total. The van der Waals surface area contributed by atoms with Crippen LogP contribution in [-0.2, 0) is 11.3 Å². The van der Waals surface area contributed by atoms with Gasteiger partial charge >= 0.3 is 0 Å². The maximum Gasteiger partial charge on any atom is 0.253 e. The predicted molar refractivity (Wildman–Crippen MR) is 132 cm³/mol. The Labute approximate surface area is 200 Å². The van der Waals surface area contributed by atoms with Crippen LogP contribution in [0.3, 0.4) is 0 Å². The SMILES string of the molecule is COc1ccc(OC)c2sc(N(Cc3ccccc3)C(=O)/C=C/c3ccc4c(c3)OCO4)nc12. The second-order valence-electron chi connectivity index (χ2n) is 7.50. The van der Waals surface area contributed by atoms with Gasteiger partial charge in [0.15, 0.2) is 16.6 Å². The van der Waals surface area contributed by atoms with Crippen molar-refractivity contribution in [1.82, 2.24) is 4.98 Å². The number of rotatable bonds is 7. The van der Waals surface area contributed by atoms with Gasteiger partial charge < -0.3 is 18.9 Å². The summed E-state index contributed by atoms with van der Waals surface area (Å²) in [4.78, 5) is 19.8. The molecule has 4 aromatic rings. The predicted octanol–water partition coefficient (Wildman–Crippen LogP) is 5.29. The van der Waals surface area contributed by atoms with E-state index in [2.05, 4.69) is 0 Å². The van der Waals surface area contributed by atoms with Crippen LogP contribution in [0.4, 0.5) is 5.13 Å². The summed E-state index contributed by atoms with van der Waals surface area (Å²) in [6.07, 6.45) is 3.30. The van der Waals surface area contributed by atoms with Crippen molar-refractivity contribution < 1.29 is 23.7 Å². The van der Waals surface area contributed by atoms with Gasteiger partial charge in [-0.3, -0.25) is 9.69 Å². The summed E-state index contributed by atoms with van der Waals surface area (Å²) >= 11 is 1.39. The number of aromatic nitrogens is 1. The number of benzene rings is 3. The maximum atomic E-state index is 13.4. The van der Waals surface area contributed by atoms with Crippen molar-refractivity contribution in [3.05, 3.63) is 77.9 Å². The minimum Gasteiger partial charge on any atom is -0.495 e. The van der Waals surface area contributed by atoms with E-state index >= 15 is 0 Å². The fourth-order valence-corrected chi connectivity index (χ4v) is 4.75. The van der Waals surface area contributed by atoms with Crippen molar-refractivity contribution in [2.24, 2.45) is 0 Å². The summed E-state index contributed by atoms with van der Waals surface area (Å²) < 4.78 is 22.6. The number of carbonyl (C=O) groups excluding carboxylic acids is 1. The molecule has 0 aliphatic carbocycles. The fraction of sp³-hybridized carbons (Fsp3) is 0.154. The monoisotopic (exact) mass is 474 g/mol. The first-order valence-electron chi connectivity index (χ1n) is 10.6. The van der Waals surface area contributed by atoms with E-state index in [-0.39, 0.29) is 12.7 Å². The number of carbonyl (C=O) groups is 1. The Morgan fingerprint density at radius 2 is 1.79 bits per heavy atom. The molecule has 1 amide bonds. The number of hydrogen-bond acceptors (Lipinski definition) is 7. The Morgan fingerprint density at radius 3 is 2.59 bits per heavy atom. The molecule has 0 spiro atoms. The molecule has 0 unspecified atom stereocenters. The molecule has 7 nitrogen and oxygen atoms in total. The Morgan fingerprint density at radius 1 is 1.03 bits per heavy atom. The Hall–Kier alpha value is -4.04. The highest BCUT2D eigenvalue weighted by atomic mass is 32.1. The molecule has 0 atom stereocenters. The second kappa shape index (κ2) is 9.44. The average molecular weight is 475 g/mol. The first kappa shape index (κ1) is 21.8. The van der Waals surface area contributed by atoms with Crippen LogP contribution in [0.25, 0.3) is 16.3 Å². The standard InChI is InChI=1S/C26H22N2O5S/c1-30-20-11-12-21(31-2)25-24(20)27-26(34-25)28(15-18-6-4-3-5-7-18)23(29)13-9-17-8-10-19-22(14-17)33-16-32-19/h3-14H,15-16H2,1-2H3/b13-9+. The Balaban J connectivity index is 1.51. The van der Waals surface area contributed by atoms with Gasteiger partial charge in [0.2, 0.25) is 6.79 Å². The molecule has 5 rings (SSSR count). The number of methoxy groups -OCH3 is 2. The highest BCUT2D eigenvalue weighted by Gasteiger charge is 2.22. The largest absolute Gasteiger partial charge is 0.495 e. The lowest BCUT2D eigenvalue weighted by molar-refractivity contribution is -0.114. The van der Waals surface area contributed by atoms with Crippen LogP contribution in [0.1, 0.15) is 11.1 Å². The molecular weight excluding hydrogens is 452 g/mol. The fourth-order valence-electron chi connectivity index (χ4n) is 3.67. The minimum absolute atomic E-state index is 0.196. The van der Waals surface area contributed by atoms with Crippen molar-refractivity contribution in [2.75, 3.05) is 25.9 Å². The van der Waals surface area contributed by atoms with Crippen LogP contribution in [0, 0.1) is 0 Å². The van der Waals surface area contributed by atoms with E-state index in [1.807, 2.05) is 60.7 Å². The maximum absolute atomic E-state index is 13.4. The number of nitrogens with zero attached hydrogens (tertiary/aromatic N) is 2. The molecule has 1 aromatic heterocycles. The normalized spacial score (nSPS) is 12.3. The van der Waals surface area contributed by atoms with Gasteiger partial charge in [-0.1, -0.05) is 47.7 Å². The van der Waals surface area contributed by atoms with E-state index in [0.29, 0.717) is 40.2 Å². The Kier molecular flexibility index (Phi) is 6.05. The van der Waals surface area contributed by atoms with Crippen LogP contribution in [-0.4, -0.2) is 31.9 Å². The summed E-state index contributed by atoms with van der Waals surface area (Å²) in [7, 11) is 3.21. The molecule has 0 saturated carbocycles. The number of ether oxygens (including phenoxy) is 4. The molecular formula is C26H22N2O5S. The first-order valence-corrected chi connectivity index (χ1v) is 11.4. The van der Waals surface area contributed by atoms with Crippen LogP contribution in [0.2, 0.25) is 0 Å². The third kappa shape index (κ3) is 4.27. The van der Waals surface area contributed by atoms with Gasteiger partial charge in [0.1, 0.15) is 21.7 Å². The van der Waals surface area contributed by atoms with E-state index in [0.717, 1.165) is 15.8 Å². The van der Waals surface area contributed by atoms with Crippen molar-refractivity contribution in [3.63, 3.8) is 0 Å². The highest BCUT2D eigenvalue weighted by Crippen LogP contribution is 2.40. The molecule has 1 aliphatic heterocycles. The van der Waals surface area contributed by atoms with Gasteiger partial charge in [-0.25, -0.2) is 4.98 Å². The second-order valence-corrected chi connectivity index (χ2v) is 8.48. The number of amides is 1. The van der Waals surface area contributed by atoms with E-state index in [9.17, 15) is 4.79 Å². The van der Waals surface area contributed by atoms with E-state index in [4.69, 9.17) is 23.9 Å². The van der Waals surface area contributed by atoms with Crippen LogP contribution < -0.4 is 23.8 Å². The Bertz CT molecular complexity index is 1330. The van der Waals surface area contributed by atoms with Crippen LogP contribution in [0.5, 0.6) is 23.0 Å². The van der Waals surface area contributed by atoms with Crippen molar-refractivity contribution in [1.29, 1.82) is 0 Å². The molecule has 1 aliphatic rings. The van der Waals surface area contributed by atoms with Crippen molar-refractivity contribution >= 4 is 38.7 Å². The van der Waals surface area contributed by atoms with Gasteiger partial charge in [0, 0.05) is 6.08 Å². The number of thiazole rings is 1. The van der Waals surface area contributed by atoms with Gasteiger partial charge in [-0.2, -0.15) is 0 Å². The summed E-state index contributed by atoms with van der Waals surface area (Å²) in [6, 6.07) is 19.0. The lowest BCUT2D eigenvalue weighted by atomic mass is 10.2. The number of hydrogen-bond donors (Lipinski definition) is 0. The quantitative estimate of drug-likeness (QED) is 0.339. The summed E-state index contributed by atoms with van der Waals surface area (Å²) in [5.74, 6) is 2.48. The zero-order chi connectivity index (χ0) is 23.5. The third-order valence-electron chi connectivity index (χ3n) is 5.39. The van der Waals surface area contributed by atoms with Gasteiger partial charge in [0.25, 0.3) is 5.91 Å². The summed E-state index contributed by atoms with van der Waals surface area (Å²) in [5, 5.41) is 0.557. The average Bonchev–Trinajstić information content (AvgIpc) is 3.53. The molecule has 8 heteroatoms. The number of fused-ring (bicyclic) bond motifs is 2. The molecule has 0 saturated heterocycles. The summed E-state index contributed by atoms with van der Waals surface area (Å²) in [6.45, 7) is 0.576. The number of anilines is 1. The highest BCUT2D eigenvalue weighted by molar-refractivity contribution is 7.22. The van der Waals surface area contributed by atoms with E-state index < -0.39 is 0 Å². The molecule has 3 aromatic carbocycles. The van der Waals surface area contributed by atoms with Crippen LogP contribution in [0.15, 0.2) is 66.7 Å². The zero-order valence-corrected chi connectivity index (χ0v) is 19.5. The molecule has 172 valence electrons. The van der Waals surface area contributed by atoms with Gasteiger partial charge in [-0.15, -0.1) is 0 Å². The van der Waals surface area contributed by atoms with Gasteiger partial charge in [-0.05, 0) is 41.5 Å².